The maximum Gasteiger partial charge on any atom is 0.272 e. The van der Waals surface area contributed by atoms with Gasteiger partial charge in [-0.3, -0.25) is 14.2 Å². The van der Waals surface area contributed by atoms with Gasteiger partial charge in [0, 0.05) is 13.1 Å². The largest absolute Gasteiger partial charge is 0.493 e. The number of rotatable bonds is 11. The lowest BCUT2D eigenvalue weighted by Crippen LogP contribution is -2.28. The van der Waals surface area contributed by atoms with Crippen LogP contribution in [0.4, 0.5) is 0 Å². The van der Waals surface area contributed by atoms with Crippen LogP contribution in [0.25, 0.3) is 10.2 Å². The number of methoxy groups -OCH3 is 2. The van der Waals surface area contributed by atoms with Crippen molar-refractivity contribution in [2.75, 3.05) is 26.5 Å². The number of carbonyl (C=O) groups excluding carboxylic acids is 1. The van der Waals surface area contributed by atoms with Gasteiger partial charge in [-0.05, 0) is 47.9 Å². The van der Waals surface area contributed by atoms with Gasteiger partial charge in [0.05, 0.1) is 25.5 Å². The molecule has 0 unspecified atom stereocenters. The van der Waals surface area contributed by atoms with Gasteiger partial charge < -0.3 is 14.8 Å². The monoisotopic (exact) mass is 475 g/mol. The SMILES string of the molecule is COc1ccc(CCNC(=O)CSc2nc3ccsc3c(=O)n2CCC(C)C)cc1OC. The van der Waals surface area contributed by atoms with Gasteiger partial charge in [-0.25, -0.2) is 4.98 Å². The number of benzene rings is 1. The van der Waals surface area contributed by atoms with Crippen molar-refractivity contribution in [2.24, 2.45) is 5.92 Å². The summed E-state index contributed by atoms with van der Waals surface area (Å²) in [4.78, 5) is 30.0. The van der Waals surface area contributed by atoms with Crippen molar-refractivity contribution < 1.29 is 14.3 Å². The van der Waals surface area contributed by atoms with Gasteiger partial charge in [-0.15, -0.1) is 11.3 Å². The number of nitrogens with one attached hydrogen (secondary N) is 1. The first-order valence-corrected chi connectivity index (χ1v) is 12.4. The molecule has 2 heterocycles. The number of nitrogens with zero attached hydrogens (tertiary/aromatic N) is 2. The fourth-order valence-electron chi connectivity index (χ4n) is 3.18. The van der Waals surface area contributed by atoms with Crippen LogP contribution in [-0.4, -0.2) is 42.0 Å². The second kappa shape index (κ2) is 11.4. The molecule has 0 aliphatic heterocycles. The van der Waals surface area contributed by atoms with E-state index in [0.717, 1.165) is 12.0 Å². The Labute approximate surface area is 196 Å². The molecule has 9 heteroatoms. The minimum absolute atomic E-state index is 0.0259. The Balaban J connectivity index is 1.59. The Bertz CT molecular complexity index is 1120. The molecular weight excluding hydrogens is 446 g/mol. The summed E-state index contributed by atoms with van der Waals surface area (Å²) >= 11 is 2.71. The third-order valence-electron chi connectivity index (χ3n) is 4.98. The third kappa shape index (κ3) is 6.04. The van der Waals surface area contributed by atoms with E-state index < -0.39 is 0 Å². The summed E-state index contributed by atoms with van der Waals surface area (Å²) in [5.74, 6) is 1.93. The van der Waals surface area contributed by atoms with Crippen LogP contribution in [0.3, 0.4) is 0 Å². The average molecular weight is 476 g/mol. The topological polar surface area (TPSA) is 82.5 Å². The van der Waals surface area contributed by atoms with Crippen LogP contribution in [0.15, 0.2) is 39.6 Å². The van der Waals surface area contributed by atoms with E-state index in [0.29, 0.717) is 52.3 Å². The quantitative estimate of drug-likeness (QED) is 0.334. The second-order valence-electron chi connectivity index (χ2n) is 7.75. The summed E-state index contributed by atoms with van der Waals surface area (Å²) in [6, 6.07) is 7.57. The molecule has 2 aromatic heterocycles. The number of amides is 1. The van der Waals surface area contributed by atoms with Crippen molar-refractivity contribution in [3.05, 3.63) is 45.6 Å². The molecule has 0 saturated carbocycles. The van der Waals surface area contributed by atoms with Crippen LogP contribution in [0.5, 0.6) is 11.5 Å². The average Bonchev–Trinajstić information content (AvgIpc) is 3.25. The van der Waals surface area contributed by atoms with Gasteiger partial charge in [0.25, 0.3) is 5.56 Å². The van der Waals surface area contributed by atoms with E-state index >= 15 is 0 Å². The summed E-state index contributed by atoms with van der Waals surface area (Å²) < 4.78 is 12.9. The van der Waals surface area contributed by atoms with E-state index in [1.807, 2.05) is 29.6 Å². The molecule has 7 nitrogen and oxygen atoms in total. The molecule has 32 heavy (non-hydrogen) atoms. The predicted octanol–water partition coefficient (Wildman–Crippen LogP) is 3.97. The lowest BCUT2D eigenvalue weighted by molar-refractivity contribution is -0.118. The van der Waals surface area contributed by atoms with Crippen LogP contribution in [-0.2, 0) is 17.8 Å². The van der Waals surface area contributed by atoms with E-state index in [4.69, 9.17) is 9.47 Å². The Morgan fingerprint density at radius 2 is 2.00 bits per heavy atom. The predicted molar refractivity (Wildman–Crippen MR) is 130 cm³/mol. The molecule has 3 aromatic rings. The van der Waals surface area contributed by atoms with Gasteiger partial charge in [0.2, 0.25) is 5.91 Å². The van der Waals surface area contributed by atoms with Crippen LogP contribution >= 0.6 is 23.1 Å². The Morgan fingerprint density at radius 3 is 2.72 bits per heavy atom. The number of thioether (sulfide) groups is 1. The zero-order valence-electron chi connectivity index (χ0n) is 18.8. The molecule has 3 rings (SSSR count). The normalized spacial score (nSPS) is 11.2. The van der Waals surface area contributed by atoms with Crippen LogP contribution in [0.2, 0.25) is 0 Å². The minimum atomic E-state index is -0.0921. The number of carbonyl (C=O) groups is 1. The fraction of sp³-hybridized carbons (Fsp3) is 0.435. The van der Waals surface area contributed by atoms with Gasteiger partial charge in [-0.1, -0.05) is 31.7 Å². The third-order valence-corrected chi connectivity index (χ3v) is 6.85. The number of fused-ring (bicyclic) bond motifs is 1. The summed E-state index contributed by atoms with van der Waals surface area (Å²) in [7, 11) is 3.20. The van der Waals surface area contributed by atoms with Gasteiger partial charge in [0.15, 0.2) is 16.7 Å². The van der Waals surface area contributed by atoms with E-state index in [2.05, 4.69) is 24.1 Å². The lowest BCUT2D eigenvalue weighted by atomic mass is 10.1. The molecule has 0 radical (unpaired) electrons. The molecule has 1 N–H and O–H groups in total. The van der Waals surface area contributed by atoms with Crippen molar-refractivity contribution in [1.29, 1.82) is 0 Å². The summed E-state index contributed by atoms with van der Waals surface area (Å²) in [6.07, 6.45) is 1.55. The van der Waals surface area contributed by atoms with Crippen LogP contribution in [0.1, 0.15) is 25.8 Å². The minimum Gasteiger partial charge on any atom is -0.493 e. The zero-order chi connectivity index (χ0) is 23.1. The van der Waals surface area contributed by atoms with Crippen molar-refractivity contribution in [3.63, 3.8) is 0 Å². The fourth-order valence-corrected chi connectivity index (χ4v) is 4.82. The highest BCUT2D eigenvalue weighted by Gasteiger charge is 2.14. The second-order valence-corrected chi connectivity index (χ2v) is 9.61. The highest BCUT2D eigenvalue weighted by Crippen LogP contribution is 2.27. The van der Waals surface area contributed by atoms with Crippen molar-refractivity contribution in [2.45, 2.75) is 38.4 Å². The number of hydrogen-bond donors (Lipinski definition) is 1. The number of aromatic nitrogens is 2. The first-order chi connectivity index (χ1) is 15.4. The number of thiophene rings is 1. The molecule has 0 spiro atoms. The van der Waals surface area contributed by atoms with E-state index in [-0.39, 0.29) is 17.2 Å². The van der Waals surface area contributed by atoms with Crippen molar-refractivity contribution in [3.8, 4) is 11.5 Å². The Hall–Kier alpha value is -2.52. The summed E-state index contributed by atoms with van der Waals surface area (Å²) in [5.41, 5.74) is 1.71. The van der Waals surface area contributed by atoms with Gasteiger partial charge in [-0.2, -0.15) is 0 Å². The number of ether oxygens (including phenoxy) is 2. The molecule has 0 fully saturated rings. The molecular formula is C23H29N3O4S2. The lowest BCUT2D eigenvalue weighted by Gasteiger charge is -2.13. The molecule has 0 atom stereocenters. The van der Waals surface area contributed by atoms with Crippen LogP contribution < -0.4 is 20.3 Å². The maximum absolute atomic E-state index is 12.9. The molecule has 1 aromatic carbocycles. The van der Waals surface area contributed by atoms with E-state index in [1.54, 1.807) is 18.8 Å². The van der Waals surface area contributed by atoms with Gasteiger partial charge in [0.1, 0.15) is 4.70 Å². The molecule has 0 saturated heterocycles. The van der Waals surface area contributed by atoms with E-state index in [1.165, 1.54) is 23.1 Å². The molecule has 0 aliphatic rings. The number of hydrogen-bond acceptors (Lipinski definition) is 7. The maximum atomic E-state index is 12.9. The summed E-state index contributed by atoms with van der Waals surface area (Å²) in [6.45, 7) is 5.36. The standard InChI is InChI=1S/C23H29N3O4S2/c1-15(2)8-11-26-22(28)21-17(9-12-31-21)25-23(26)32-14-20(27)24-10-7-16-5-6-18(29-3)19(13-16)30-4/h5-6,9,12-13,15H,7-8,10-11,14H2,1-4H3,(H,24,27). The highest BCUT2D eigenvalue weighted by molar-refractivity contribution is 7.99. The first-order valence-electron chi connectivity index (χ1n) is 10.5. The Morgan fingerprint density at radius 1 is 1.22 bits per heavy atom. The zero-order valence-corrected chi connectivity index (χ0v) is 20.5. The van der Waals surface area contributed by atoms with E-state index in [9.17, 15) is 9.59 Å². The molecule has 0 bridgehead atoms. The first kappa shape index (κ1) is 24.1. The van der Waals surface area contributed by atoms with Crippen molar-refractivity contribution in [1.82, 2.24) is 14.9 Å². The summed E-state index contributed by atoms with van der Waals surface area (Å²) in [5, 5.41) is 5.41. The van der Waals surface area contributed by atoms with Crippen molar-refractivity contribution >= 4 is 39.2 Å². The van der Waals surface area contributed by atoms with Gasteiger partial charge >= 0.3 is 0 Å². The molecule has 0 aliphatic carbocycles. The molecule has 172 valence electrons. The highest BCUT2D eigenvalue weighted by atomic mass is 32.2. The smallest absolute Gasteiger partial charge is 0.272 e. The molecule has 1 amide bonds. The van der Waals surface area contributed by atoms with Crippen LogP contribution in [0, 0.1) is 5.92 Å². The Kier molecular flexibility index (Phi) is 8.58.